The van der Waals surface area contributed by atoms with E-state index in [-0.39, 0.29) is 0 Å². The van der Waals surface area contributed by atoms with Gasteiger partial charge in [0, 0.05) is 26.7 Å². The number of nitrogens with zero attached hydrogens (tertiary/aromatic N) is 1. The lowest BCUT2D eigenvalue weighted by atomic mass is 10.2. The lowest BCUT2D eigenvalue weighted by Gasteiger charge is -2.20. The molecule has 0 saturated carbocycles. The van der Waals surface area contributed by atoms with Gasteiger partial charge < -0.3 is 25.4 Å². The first kappa shape index (κ1) is 19.6. The number of carbonyl (C=O) groups excluding carboxylic acids is 1. The number of amides is 1. The summed E-state index contributed by atoms with van der Waals surface area (Å²) >= 11 is 0. The Labute approximate surface area is 143 Å². The van der Waals surface area contributed by atoms with E-state index >= 15 is 0 Å². The molecule has 0 saturated heterocycles. The zero-order chi connectivity index (χ0) is 18.0. The second-order valence-corrected chi connectivity index (χ2v) is 6.13. The van der Waals surface area contributed by atoms with Crippen molar-refractivity contribution in [2.75, 3.05) is 27.2 Å². The van der Waals surface area contributed by atoms with E-state index in [9.17, 15) is 4.79 Å². The van der Waals surface area contributed by atoms with Crippen molar-refractivity contribution in [2.24, 2.45) is 4.99 Å². The molecule has 1 rings (SSSR count). The molecule has 1 amide bonds. The number of benzene rings is 1. The summed E-state index contributed by atoms with van der Waals surface area (Å²) in [4.78, 5) is 15.7. The van der Waals surface area contributed by atoms with Crippen LogP contribution in [-0.2, 0) is 11.3 Å². The number of aliphatic imine (C=N–C) groups is 1. The molecule has 0 radical (unpaired) electrons. The number of guanidine groups is 1. The first-order chi connectivity index (χ1) is 11.3. The molecule has 3 N–H and O–H groups in total. The number of alkyl carbamates (subject to hydrolysis) is 1. The Balaban J connectivity index is 2.26. The monoisotopic (exact) mass is 336 g/mol. The molecule has 1 aromatic rings. The highest BCUT2D eigenvalue weighted by molar-refractivity contribution is 5.79. The number of rotatable bonds is 6. The summed E-state index contributed by atoms with van der Waals surface area (Å²) in [5.74, 6) is 1.49. The molecule has 134 valence electrons. The molecule has 0 unspecified atom stereocenters. The van der Waals surface area contributed by atoms with E-state index in [4.69, 9.17) is 9.47 Å². The van der Waals surface area contributed by atoms with Crippen molar-refractivity contribution in [2.45, 2.75) is 32.9 Å². The molecule has 24 heavy (non-hydrogen) atoms. The second-order valence-electron chi connectivity index (χ2n) is 6.13. The molecule has 7 heteroatoms. The quantitative estimate of drug-likeness (QED) is 0.420. The summed E-state index contributed by atoms with van der Waals surface area (Å²) < 4.78 is 10.3. The van der Waals surface area contributed by atoms with E-state index in [1.54, 1.807) is 14.2 Å². The Hall–Kier alpha value is -2.44. The normalized spacial score (nSPS) is 11.6. The molecular formula is C17H28N4O3. The minimum atomic E-state index is -0.493. The first-order valence-corrected chi connectivity index (χ1v) is 7.88. The van der Waals surface area contributed by atoms with Gasteiger partial charge in [-0.15, -0.1) is 0 Å². The maximum Gasteiger partial charge on any atom is 0.407 e. The lowest BCUT2D eigenvalue weighted by molar-refractivity contribution is 0.0529. The smallest absolute Gasteiger partial charge is 0.407 e. The number of carbonyl (C=O) groups is 1. The van der Waals surface area contributed by atoms with Gasteiger partial charge >= 0.3 is 6.09 Å². The van der Waals surface area contributed by atoms with Crippen molar-refractivity contribution in [3.8, 4) is 5.75 Å². The molecule has 0 spiro atoms. The predicted octanol–water partition coefficient (Wildman–Crippen LogP) is 1.88. The Morgan fingerprint density at radius 1 is 1.08 bits per heavy atom. The summed E-state index contributed by atoms with van der Waals surface area (Å²) in [5, 5.41) is 9.01. The van der Waals surface area contributed by atoms with Crippen molar-refractivity contribution in [1.82, 2.24) is 16.0 Å². The fourth-order valence-corrected chi connectivity index (χ4v) is 1.81. The highest BCUT2D eigenvalue weighted by Crippen LogP contribution is 2.10. The Morgan fingerprint density at radius 2 is 1.71 bits per heavy atom. The van der Waals surface area contributed by atoms with Crippen molar-refractivity contribution in [1.29, 1.82) is 0 Å². The Bertz CT molecular complexity index is 536. The van der Waals surface area contributed by atoms with Crippen molar-refractivity contribution in [3.63, 3.8) is 0 Å². The summed E-state index contributed by atoms with van der Waals surface area (Å²) in [7, 11) is 3.34. The minimum absolute atomic E-state index is 0.425. The van der Waals surface area contributed by atoms with Crippen LogP contribution in [0.5, 0.6) is 5.75 Å². The van der Waals surface area contributed by atoms with Gasteiger partial charge in [0.2, 0.25) is 0 Å². The third-order valence-corrected chi connectivity index (χ3v) is 2.93. The summed E-state index contributed by atoms with van der Waals surface area (Å²) in [6.07, 6.45) is -0.425. The van der Waals surface area contributed by atoms with E-state index in [0.29, 0.717) is 25.6 Å². The Kier molecular flexibility index (Phi) is 7.88. The third kappa shape index (κ3) is 8.26. The van der Waals surface area contributed by atoms with Crippen LogP contribution in [0, 0.1) is 0 Å². The fraction of sp³-hybridized carbons (Fsp3) is 0.529. The van der Waals surface area contributed by atoms with Crippen LogP contribution in [0.2, 0.25) is 0 Å². The van der Waals surface area contributed by atoms with Crippen molar-refractivity contribution in [3.05, 3.63) is 29.8 Å². The van der Waals surface area contributed by atoms with Crippen LogP contribution in [0.4, 0.5) is 4.79 Å². The summed E-state index contributed by atoms with van der Waals surface area (Å²) in [6.45, 7) is 7.12. The van der Waals surface area contributed by atoms with E-state index in [2.05, 4.69) is 20.9 Å². The number of hydrogen-bond donors (Lipinski definition) is 3. The van der Waals surface area contributed by atoms with E-state index in [0.717, 1.165) is 11.3 Å². The van der Waals surface area contributed by atoms with E-state index in [1.165, 1.54) is 0 Å². The van der Waals surface area contributed by atoms with Crippen molar-refractivity contribution >= 4 is 12.1 Å². The van der Waals surface area contributed by atoms with Crippen LogP contribution >= 0.6 is 0 Å². The van der Waals surface area contributed by atoms with Crippen LogP contribution in [0.25, 0.3) is 0 Å². The van der Waals surface area contributed by atoms with Gasteiger partial charge in [-0.2, -0.15) is 0 Å². The molecule has 0 bridgehead atoms. The van der Waals surface area contributed by atoms with Gasteiger partial charge in [0.25, 0.3) is 0 Å². The zero-order valence-electron chi connectivity index (χ0n) is 15.1. The SMILES string of the molecule is CN=C(NCCNC(=O)OC(C)(C)C)NCc1ccc(OC)cc1. The van der Waals surface area contributed by atoms with Crippen LogP contribution in [-0.4, -0.2) is 44.9 Å². The molecule has 0 atom stereocenters. The van der Waals surface area contributed by atoms with Crippen LogP contribution in [0.3, 0.4) is 0 Å². The molecule has 0 aliphatic rings. The highest BCUT2D eigenvalue weighted by Gasteiger charge is 2.15. The Morgan fingerprint density at radius 3 is 2.25 bits per heavy atom. The topological polar surface area (TPSA) is 84.0 Å². The summed E-state index contributed by atoms with van der Waals surface area (Å²) in [5.41, 5.74) is 0.624. The van der Waals surface area contributed by atoms with Gasteiger partial charge in [-0.25, -0.2) is 4.79 Å². The molecule has 0 aliphatic carbocycles. The molecule has 0 heterocycles. The van der Waals surface area contributed by atoms with E-state index in [1.807, 2.05) is 45.0 Å². The number of hydrogen-bond acceptors (Lipinski definition) is 4. The number of nitrogens with one attached hydrogen (secondary N) is 3. The molecular weight excluding hydrogens is 308 g/mol. The average molecular weight is 336 g/mol. The maximum absolute atomic E-state index is 11.5. The minimum Gasteiger partial charge on any atom is -0.497 e. The molecule has 1 aromatic carbocycles. The highest BCUT2D eigenvalue weighted by atomic mass is 16.6. The molecule has 0 fully saturated rings. The largest absolute Gasteiger partial charge is 0.497 e. The van der Waals surface area contributed by atoms with Crippen LogP contribution in [0.15, 0.2) is 29.3 Å². The lowest BCUT2D eigenvalue weighted by Crippen LogP contribution is -2.42. The first-order valence-electron chi connectivity index (χ1n) is 7.88. The van der Waals surface area contributed by atoms with Gasteiger partial charge in [-0.3, -0.25) is 4.99 Å². The zero-order valence-corrected chi connectivity index (χ0v) is 15.1. The number of ether oxygens (including phenoxy) is 2. The van der Waals surface area contributed by atoms with Gasteiger partial charge in [0.15, 0.2) is 5.96 Å². The van der Waals surface area contributed by atoms with Crippen molar-refractivity contribution < 1.29 is 14.3 Å². The third-order valence-electron chi connectivity index (χ3n) is 2.93. The fourth-order valence-electron chi connectivity index (χ4n) is 1.81. The van der Waals surface area contributed by atoms with Gasteiger partial charge in [0.05, 0.1) is 7.11 Å². The van der Waals surface area contributed by atoms with Crippen LogP contribution in [0.1, 0.15) is 26.3 Å². The standard InChI is InChI=1S/C17H28N4O3/c1-17(2,3)24-16(22)20-11-10-19-15(18-4)21-12-13-6-8-14(23-5)9-7-13/h6-9H,10-12H2,1-5H3,(H,20,22)(H2,18,19,21). The average Bonchev–Trinajstić information content (AvgIpc) is 2.53. The predicted molar refractivity (Wildman–Crippen MR) is 95.4 cm³/mol. The second kappa shape index (κ2) is 9.64. The molecule has 7 nitrogen and oxygen atoms in total. The van der Waals surface area contributed by atoms with Gasteiger partial charge in [-0.05, 0) is 38.5 Å². The molecule has 0 aromatic heterocycles. The van der Waals surface area contributed by atoms with Crippen LogP contribution < -0.4 is 20.7 Å². The van der Waals surface area contributed by atoms with E-state index < -0.39 is 11.7 Å². The summed E-state index contributed by atoms with van der Waals surface area (Å²) in [6, 6.07) is 7.81. The van der Waals surface area contributed by atoms with Gasteiger partial charge in [0.1, 0.15) is 11.4 Å². The molecule has 0 aliphatic heterocycles. The maximum atomic E-state index is 11.5. The van der Waals surface area contributed by atoms with Gasteiger partial charge in [-0.1, -0.05) is 12.1 Å². The number of methoxy groups -OCH3 is 1.